The number of hydrogen-bond acceptors (Lipinski definition) is 1. The molecule has 0 saturated heterocycles. The maximum absolute atomic E-state index is 3.89. The summed E-state index contributed by atoms with van der Waals surface area (Å²) in [5.41, 5.74) is 13.1. The monoisotopic (exact) mass is 679 g/mol. The summed E-state index contributed by atoms with van der Waals surface area (Å²) in [5.74, 6) is 0. The second kappa shape index (κ2) is 14.5. The van der Waals surface area contributed by atoms with Crippen LogP contribution in [0.25, 0.3) is 66.7 Å². The third-order valence-corrected chi connectivity index (χ3v) is 10.3. The zero-order chi connectivity index (χ0) is 36.3. The topological polar surface area (TPSA) is 3.24 Å². The van der Waals surface area contributed by atoms with Gasteiger partial charge in [-0.3, -0.25) is 0 Å². The quantitative estimate of drug-likeness (QED) is 0.137. The Labute approximate surface area is 312 Å². The third kappa shape index (κ3) is 6.39. The molecule has 1 heteroatoms. The van der Waals surface area contributed by atoms with Crippen LogP contribution in [-0.4, -0.2) is 0 Å². The fraction of sp³-hybridized carbons (Fsp3) is 0.0385. The highest BCUT2D eigenvalue weighted by molar-refractivity contribution is 6.03. The average molecular weight is 680 g/mol. The highest BCUT2D eigenvalue weighted by Crippen LogP contribution is 2.41. The molecule has 0 aliphatic carbocycles. The van der Waals surface area contributed by atoms with Crippen molar-refractivity contribution in [3.05, 3.63) is 211 Å². The predicted molar refractivity (Wildman–Crippen MR) is 232 cm³/mol. The summed E-state index contributed by atoms with van der Waals surface area (Å²) < 4.78 is 0. The lowest BCUT2D eigenvalue weighted by Gasteiger charge is -2.26. The summed E-state index contributed by atoms with van der Waals surface area (Å²) >= 11 is 0. The van der Waals surface area contributed by atoms with E-state index in [4.69, 9.17) is 0 Å². The van der Waals surface area contributed by atoms with Crippen LogP contribution in [0.5, 0.6) is 0 Å². The van der Waals surface area contributed by atoms with Gasteiger partial charge in [0.1, 0.15) is 0 Å². The van der Waals surface area contributed by atoms with Crippen LogP contribution in [-0.2, 0) is 0 Å². The first kappa shape index (κ1) is 33.4. The van der Waals surface area contributed by atoms with E-state index in [9.17, 15) is 0 Å². The van der Waals surface area contributed by atoms with Crippen LogP contribution in [0.3, 0.4) is 0 Å². The Balaban J connectivity index is 1.23. The average Bonchev–Trinajstić information content (AvgIpc) is 3.21. The maximum atomic E-state index is 3.89. The number of fused-ring (bicyclic) bond motifs is 3. The third-order valence-electron chi connectivity index (χ3n) is 10.3. The Kier molecular flexibility index (Phi) is 9.15. The maximum Gasteiger partial charge on any atom is 0.0468 e. The summed E-state index contributed by atoms with van der Waals surface area (Å²) in [7, 11) is 0. The molecule has 254 valence electrons. The van der Waals surface area contributed by atoms with Crippen molar-refractivity contribution in [2.75, 3.05) is 4.90 Å². The van der Waals surface area contributed by atoms with E-state index in [-0.39, 0.29) is 0 Å². The second-order valence-corrected chi connectivity index (χ2v) is 13.5. The van der Waals surface area contributed by atoms with Gasteiger partial charge in [0.05, 0.1) is 0 Å². The van der Waals surface area contributed by atoms with Gasteiger partial charge in [-0.05, 0) is 133 Å². The molecule has 8 aromatic carbocycles. The van der Waals surface area contributed by atoms with E-state index >= 15 is 0 Å². The Morgan fingerprint density at radius 1 is 0.453 bits per heavy atom. The van der Waals surface area contributed by atoms with Crippen molar-refractivity contribution in [3.63, 3.8) is 0 Å². The Morgan fingerprint density at radius 3 is 1.60 bits per heavy atom. The van der Waals surface area contributed by atoms with E-state index in [1.165, 1.54) is 76.8 Å². The molecule has 53 heavy (non-hydrogen) atoms. The van der Waals surface area contributed by atoms with E-state index in [0.717, 1.165) is 17.1 Å². The van der Waals surface area contributed by atoms with Crippen LogP contribution >= 0.6 is 0 Å². The van der Waals surface area contributed by atoms with Crippen molar-refractivity contribution >= 4 is 61.5 Å². The van der Waals surface area contributed by atoms with Crippen molar-refractivity contribution in [1.82, 2.24) is 0 Å². The van der Waals surface area contributed by atoms with Crippen LogP contribution in [0.1, 0.15) is 22.3 Å². The molecule has 0 aromatic heterocycles. The number of rotatable bonds is 9. The summed E-state index contributed by atoms with van der Waals surface area (Å²) in [4.78, 5) is 2.36. The van der Waals surface area contributed by atoms with E-state index in [1.54, 1.807) is 0 Å². The minimum absolute atomic E-state index is 1.10. The summed E-state index contributed by atoms with van der Waals surface area (Å²) in [6.07, 6.45) is 12.0. The molecule has 0 aliphatic heterocycles. The molecule has 0 aliphatic rings. The van der Waals surface area contributed by atoms with Gasteiger partial charge in [-0.25, -0.2) is 0 Å². The van der Waals surface area contributed by atoms with Gasteiger partial charge in [0.25, 0.3) is 0 Å². The Morgan fingerprint density at radius 2 is 0.962 bits per heavy atom. The number of allylic oxidation sites excluding steroid dienone is 4. The Bertz CT molecular complexity index is 2710. The number of hydrogen-bond donors (Lipinski definition) is 0. The van der Waals surface area contributed by atoms with Crippen LogP contribution in [0.15, 0.2) is 189 Å². The van der Waals surface area contributed by atoms with E-state index < -0.39 is 0 Å². The van der Waals surface area contributed by atoms with Crippen LogP contribution in [0.4, 0.5) is 17.1 Å². The highest BCUT2D eigenvalue weighted by atomic mass is 15.1. The molecule has 0 unspecified atom stereocenters. The number of nitrogens with zero attached hydrogens (tertiary/aromatic N) is 1. The van der Waals surface area contributed by atoms with Gasteiger partial charge in [0, 0.05) is 17.1 Å². The highest BCUT2D eigenvalue weighted by Gasteiger charge is 2.16. The van der Waals surface area contributed by atoms with E-state index in [2.05, 4.69) is 196 Å². The minimum atomic E-state index is 1.10. The molecule has 0 N–H and O–H groups in total. The van der Waals surface area contributed by atoms with Crippen molar-refractivity contribution < 1.29 is 0 Å². The van der Waals surface area contributed by atoms with Gasteiger partial charge < -0.3 is 4.90 Å². The van der Waals surface area contributed by atoms with E-state index in [0.29, 0.717) is 0 Å². The molecule has 0 heterocycles. The van der Waals surface area contributed by atoms with Crippen molar-refractivity contribution in [3.8, 4) is 22.3 Å². The summed E-state index contributed by atoms with van der Waals surface area (Å²) in [5, 5.41) is 7.44. The normalized spacial score (nSPS) is 11.6. The molecule has 0 bridgehead atoms. The van der Waals surface area contributed by atoms with Gasteiger partial charge in [-0.1, -0.05) is 159 Å². The molecule has 0 fully saturated rings. The molecule has 0 atom stereocenters. The fourth-order valence-corrected chi connectivity index (χ4v) is 7.63. The van der Waals surface area contributed by atoms with Gasteiger partial charge in [-0.15, -0.1) is 0 Å². The summed E-state index contributed by atoms with van der Waals surface area (Å²) in [6.45, 7) is 12.2. The zero-order valence-corrected chi connectivity index (χ0v) is 30.3. The van der Waals surface area contributed by atoms with Gasteiger partial charge in [-0.2, -0.15) is 0 Å². The van der Waals surface area contributed by atoms with Crippen LogP contribution < -0.4 is 4.90 Å². The van der Waals surface area contributed by atoms with Crippen molar-refractivity contribution in [2.24, 2.45) is 0 Å². The Hall–Kier alpha value is -6.70. The second-order valence-electron chi connectivity index (χ2n) is 13.5. The molecular weight excluding hydrogens is 639 g/mol. The first-order valence-corrected chi connectivity index (χ1v) is 18.2. The molecule has 8 rings (SSSR count). The molecule has 0 radical (unpaired) electrons. The largest absolute Gasteiger partial charge is 0.310 e. The molecule has 0 amide bonds. The SMILES string of the molecule is C=C/C=C\c1cc(-c2ccc(N(c3ccc(-c4cc(C)c(/C=C\C=C)c5ccccc45)cc3)c3ccc4ccccc4c3)cc2)c2ccccc2c1C. The first-order chi connectivity index (χ1) is 26.0. The first-order valence-electron chi connectivity index (χ1n) is 18.2. The lowest BCUT2D eigenvalue weighted by atomic mass is 9.91. The van der Waals surface area contributed by atoms with Crippen molar-refractivity contribution in [2.45, 2.75) is 13.8 Å². The van der Waals surface area contributed by atoms with Crippen LogP contribution in [0, 0.1) is 13.8 Å². The standard InChI is InChI=1S/C52H41N/c1-5-7-15-41-35-52(49-21-12-11-19-47(49)37(41)4)40-26-30-44(31-27-40)53(45-32-23-38-16-9-10-17-42(38)34-45)43-28-24-39(25-29-43)51-33-36(3)46(18-8-6-2)48-20-13-14-22-50(48)51/h5-35H,1-2H2,3-4H3/b15-7-,18-8-. The fourth-order valence-electron chi connectivity index (χ4n) is 7.63. The summed E-state index contributed by atoms with van der Waals surface area (Å²) in [6, 6.07) is 55.3. The molecule has 8 aromatic rings. The molecule has 0 spiro atoms. The number of anilines is 3. The zero-order valence-electron chi connectivity index (χ0n) is 30.3. The number of aryl methyl sites for hydroxylation is 2. The van der Waals surface area contributed by atoms with Crippen molar-refractivity contribution in [1.29, 1.82) is 0 Å². The minimum Gasteiger partial charge on any atom is -0.310 e. The lowest BCUT2D eigenvalue weighted by molar-refractivity contribution is 1.29. The lowest BCUT2D eigenvalue weighted by Crippen LogP contribution is -2.09. The number of benzene rings is 8. The molecular formula is C52H41N. The van der Waals surface area contributed by atoms with Crippen LogP contribution in [0.2, 0.25) is 0 Å². The molecule has 0 saturated carbocycles. The van der Waals surface area contributed by atoms with Gasteiger partial charge >= 0.3 is 0 Å². The predicted octanol–water partition coefficient (Wildman–Crippen LogP) is 15.0. The smallest absolute Gasteiger partial charge is 0.0468 e. The van der Waals surface area contributed by atoms with E-state index in [1.807, 2.05) is 24.3 Å². The van der Waals surface area contributed by atoms with Gasteiger partial charge in [0.15, 0.2) is 0 Å². The van der Waals surface area contributed by atoms with Gasteiger partial charge in [0.2, 0.25) is 0 Å². The molecule has 1 nitrogen and oxygen atoms in total.